The Labute approximate surface area is 206 Å². The number of ether oxygens (including phenoxy) is 1. The SMILES string of the molecule is CCCC(NC(=O)C1CCCCC1CNC(=O)OCC1c2ccccc2-c2ccccc21)C(=O)O. The summed E-state index contributed by atoms with van der Waals surface area (Å²) >= 11 is 0. The molecule has 186 valence electrons. The molecule has 1 fully saturated rings. The first-order valence-corrected chi connectivity index (χ1v) is 12.6. The van der Waals surface area contributed by atoms with Crippen molar-refractivity contribution < 1.29 is 24.2 Å². The third-order valence-corrected chi connectivity index (χ3v) is 7.29. The second-order valence-electron chi connectivity index (χ2n) is 9.55. The van der Waals surface area contributed by atoms with Crippen LogP contribution >= 0.6 is 0 Å². The van der Waals surface area contributed by atoms with Gasteiger partial charge >= 0.3 is 12.1 Å². The van der Waals surface area contributed by atoms with Gasteiger partial charge in [-0.25, -0.2) is 9.59 Å². The van der Waals surface area contributed by atoms with Gasteiger partial charge in [0.1, 0.15) is 12.6 Å². The zero-order valence-electron chi connectivity index (χ0n) is 20.2. The van der Waals surface area contributed by atoms with E-state index in [0.717, 1.165) is 30.4 Å². The fraction of sp³-hybridized carbons (Fsp3) is 0.464. The van der Waals surface area contributed by atoms with Crippen molar-refractivity contribution >= 4 is 18.0 Å². The van der Waals surface area contributed by atoms with Crippen LogP contribution in [-0.4, -0.2) is 42.3 Å². The van der Waals surface area contributed by atoms with Gasteiger partial charge in [0.05, 0.1) is 0 Å². The molecule has 0 aromatic heterocycles. The Morgan fingerprint density at radius 3 is 2.26 bits per heavy atom. The Bertz CT molecular complexity index is 1020. The summed E-state index contributed by atoms with van der Waals surface area (Å²) in [6.45, 7) is 2.47. The fourth-order valence-electron chi connectivity index (χ4n) is 5.49. The van der Waals surface area contributed by atoms with E-state index in [1.165, 1.54) is 11.1 Å². The van der Waals surface area contributed by atoms with Crippen LogP contribution in [0.3, 0.4) is 0 Å². The van der Waals surface area contributed by atoms with E-state index in [0.29, 0.717) is 25.8 Å². The maximum atomic E-state index is 12.9. The Morgan fingerprint density at radius 2 is 1.63 bits per heavy atom. The van der Waals surface area contributed by atoms with Crippen molar-refractivity contribution in [3.05, 3.63) is 59.7 Å². The van der Waals surface area contributed by atoms with Crippen molar-refractivity contribution in [2.45, 2.75) is 57.4 Å². The Kier molecular flexibility index (Phi) is 8.06. The van der Waals surface area contributed by atoms with Crippen LogP contribution < -0.4 is 10.6 Å². The average Bonchev–Trinajstić information content (AvgIpc) is 3.19. The Hall–Kier alpha value is -3.35. The lowest BCUT2D eigenvalue weighted by molar-refractivity contribution is -0.143. The summed E-state index contributed by atoms with van der Waals surface area (Å²) in [4.78, 5) is 36.9. The van der Waals surface area contributed by atoms with Crippen molar-refractivity contribution in [1.82, 2.24) is 10.6 Å². The molecule has 2 amide bonds. The van der Waals surface area contributed by atoms with Crippen molar-refractivity contribution in [1.29, 1.82) is 0 Å². The highest BCUT2D eigenvalue weighted by Gasteiger charge is 2.34. The minimum Gasteiger partial charge on any atom is -0.480 e. The van der Waals surface area contributed by atoms with E-state index in [4.69, 9.17) is 4.74 Å². The lowest BCUT2D eigenvalue weighted by Gasteiger charge is -2.31. The molecule has 0 aliphatic heterocycles. The van der Waals surface area contributed by atoms with Gasteiger partial charge in [0.15, 0.2) is 0 Å². The largest absolute Gasteiger partial charge is 0.480 e. The monoisotopic (exact) mass is 478 g/mol. The summed E-state index contributed by atoms with van der Waals surface area (Å²) in [6, 6.07) is 15.5. The maximum absolute atomic E-state index is 12.9. The van der Waals surface area contributed by atoms with Crippen LogP contribution in [0, 0.1) is 11.8 Å². The summed E-state index contributed by atoms with van der Waals surface area (Å²) < 4.78 is 5.63. The normalized spacial score (nSPS) is 19.8. The summed E-state index contributed by atoms with van der Waals surface area (Å²) in [5.74, 6) is -1.60. The lowest BCUT2D eigenvalue weighted by atomic mass is 9.78. The molecule has 7 nitrogen and oxygen atoms in total. The van der Waals surface area contributed by atoms with Crippen LogP contribution in [0.4, 0.5) is 4.79 Å². The average molecular weight is 479 g/mol. The number of aliphatic carboxylic acids is 1. The van der Waals surface area contributed by atoms with Gasteiger partial charge in [-0.3, -0.25) is 4.79 Å². The van der Waals surface area contributed by atoms with Crippen LogP contribution in [0.15, 0.2) is 48.5 Å². The van der Waals surface area contributed by atoms with E-state index in [-0.39, 0.29) is 30.3 Å². The first kappa shape index (κ1) is 24.8. The number of hydrogen-bond acceptors (Lipinski definition) is 4. The van der Waals surface area contributed by atoms with E-state index >= 15 is 0 Å². The highest BCUT2D eigenvalue weighted by molar-refractivity contribution is 5.85. The first-order chi connectivity index (χ1) is 17.0. The molecule has 2 aromatic carbocycles. The topological polar surface area (TPSA) is 105 Å². The molecule has 1 saturated carbocycles. The molecule has 3 N–H and O–H groups in total. The van der Waals surface area contributed by atoms with Crippen molar-refractivity contribution in [2.75, 3.05) is 13.2 Å². The summed E-state index contributed by atoms with van der Waals surface area (Å²) in [7, 11) is 0. The maximum Gasteiger partial charge on any atom is 0.407 e. The third kappa shape index (κ3) is 5.66. The van der Waals surface area contributed by atoms with Gasteiger partial charge in [-0.15, -0.1) is 0 Å². The van der Waals surface area contributed by atoms with Crippen LogP contribution in [-0.2, 0) is 14.3 Å². The number of carboxylic acid groups (broad SMARTS) is 1. The summed E-state index contributed by atoms with van der Waals surface area (Å²) in [5.41, 5.74) is 4.67. The number of alkyl carbamates (subject to hydrolysis) is 1. The number of carboxylic acids is 1. The van der Waals surface area contributed by atoms with Gasteiger partial charge in [0, 0.05) is 18.4 Å². The van der Waals surface area contributed by atoms with E-state index in [1.54, 1.807) is 0 Å². The second-order valence-corrected chi connectivity index (χ2v) is 9.55. The predicted octanol–water partition coefficient (Wildman–Crippen LogP) is 4.70. The molecule has 2 aromatic rings. The van der Waals surface area contributed by atoms with E-state index < -0.39 is 18.1 Å². The number of carbonyl (C=O) groups excluding carboxylic acids is 2. The van der Waals surface area contributed by atoms with Crippen molar-refractivity contribution in [3.63, 3.8) is 0 Å². The molecular weight excluding hydrogens is 444 g/mol. The number of carbonyl (C=O) groups is 3. The number of rotatable bonds is 9. The van der Waals surface area contributed by atoms with Gasteiger partial charge < -0.3 is 20.5 Å². The Balaban J connectivity index is 1.32. The molecule has 4 rings (SSSR count). The van der Waals surface area contributed by atoms with Crippen LogP contribution in [0.25, 0.3) is 11.1 Å². The minimum absolute atomic E-state index is 0.00660. The molecule has 0 bridgehead atoms. The molecule has 2 aliphatic carbocycles. The van der Waals surface area contributed by atoms with Gasteiger partial charge in [0.2, 0.25) is 5.91 Å². The zero-order chi connectivity index (χ0) is 24.8. The molecular formula is C28H34N2O5. The molecule has 0 saturated heterocycles. The smallest absolute Gasteiger partial charge is 0.407 e. The van der Waals surface area contributed by atoms with E-state index in [1.807, 2.05) is 31.2 Å². The molecule has 35 heavy (non-hydrogen) atoms. The fourth-order valence-corrected chi connectivity index (χ4v) is 5.49. The van der Waals surface area contributed by atoms with Gasteiger partial charge in [-0.2, -0.15) is 0 Å². The lowest BCUT2D eigenvalue weighted by Crippen LogP contribution is -2.47. The summed E-state index contributed by atoms with van der Waals surface area (Å²) in [6.07, 6.45) is 3.99. The number of amides is 2. The van der Waals surface area contributed by atoms with Gasteiger partial charge in [-0.1, -0.05) is 74.7 Å². The molecule has 0 heterocycles. The van der Waals surface area contributed by atoms with E-state index in [9.17, 15) is 19.5 Å². The molecule has 3 atom stereocenters. The van der Waals surface area contributed by atoms with E-state index in [2.05, 4.69) is 34.9 Å². The van der Waals surface area contributed by atoms with Crippen LogP contribution in [0.5, 0.6) is 0 Å². The molecule has 0 spiro atoms. The number of benzene rings is 2. The Morgan fingerprint density at radius 1 is 1.00 bits per heavy atom. The number of fused-ring (bicyclic) bond motifs is 3. The summed E-state index contributed by atoms with van der Waals surface area (Å²) in [5, 5.41) is 14.9. The molecule has 2 aliphatic rings. The zero-order valence-corrected chi connectivity index (χ0v) is 20.2. The molecule has 0 radical (unpaired) electrons. The second kappa shape index (κ2) is 11.4. The molecule has 7 heteroatoms. The van der Waals surface area contributed by atoms with Crippen LogP contribution in [0.2, 0.25) is 0 Å². The highest BCUT2D eigenvalue weighted by Crippen LogP contribution is 2.44. The van der Waals surface area contributed by atoms with Crippen LogP contribution in [0.1, 0.15) is 62.5 Å². The number of nitrogens with one attached hydrogen (secondary N) is 2. The minimum atomic E-state index is -1.01. The third-order valence-electron chi connectivity index (χ3n) is 7.29. The first-order valence-electron chi connectivity index (χ1n) is 12.6. The van der Waals surface area contributed by atoms with Crippen molar-refractivity contribution in [2.24, 2.45) is 11.8 Å². The highest BCUT2D eigenvalue weighted by atomic mass is 16.5. The predicted molar refractivity (Wildman–Crippen MR) is 133 cm³/mol. The quantitative estimate of drug-likeness (QED) is 0.485. The molecule has 3 unspecified atom stereocenters. The van der Waals surface area contributed by atoms with Gasteiger partial charge in [0.25, 0.3) is 0 Å². The standard InChI is InChI=1S/C28H34N2O5/c1-2-9-25(27(32)33)30-26(31)19-11-4-3-10-18(19)16-29-28(34)35-17-24-22-14-7-5-12-20(22)21-13-6-8-15-23(21)24/h5-8,12-15,18-19,24-25H,2-4,9-11,16-17H2,1H3,(H,29,34)(H,30,31)(H,32,33). The number of hydrogen-bond donors (Lipinski definition) is 3. The van der Waals surface area contributed by atoms with Crippen molar-refractivity contribution in [3.8, 4) is 11.1 Å². The van der Waals surface area contributed by atoms with Gasteiger partial charge in [-0.05, 0) is 47.4 Å².